The van der Waals surface area contributed by atoms with Gasteiger partial charge in [0.1, 0.15) is 0 Å². The molecule has 1 aromatic carbocycles. The molecule has 0 radical (unpaired) electrons. The zero-order valence-electron chi connectivity index (χ0n) is 12.1. The molecule has 4 nitrogen and oxygen atoms in total. The zero-order chi connectivity index (χ0) is 14.6. The lowest BCUT2D eigenvalue weighted by molar-refractivity contribution is -0.122. The summed E-state index contributed by atoms with van der Waals surface area (Å²) in [5.41, 5.74) is 1.71. The highest BCUT2D eigenvalue weighted by atomic mass is 16.3. The smallest absolute Gasteiger partial charge is 0.224 e. The third-order valence-corrected chi connectivity index (χ3v) is 3.91. The van der Waals surface area contributed by atoms with Crippen LogP contribution in [0.1, 0.15) is 32.3 Å². The van der Waals surface area contributed by atoms with E-state index in [2.05, 4.69) is 10.3 Å². The van der Waals surface area contributed by atoms with E-state index in [-0.39, 0.29) is 18.1 Å². The Kier molecular flexibility index (Phi) is 4.45. The topological polar surface area (TPSA) is 65.1 Å². The standard InChI is InChI=1S/C16H22N2O2/c1-3-16(2,8-9-19)18-15(20)10-12-11-17-14-7-5-4-6-13(12)14/h4-7,11,17,19H,3,8-10H2,1-2H3,(H,18,20). The van der Waals surface area contributed by atoms with Gasteiger partial charge in [0.05, 0.1) is 6.42 Å². The minimum absolute atomic E-state index is 0.00690. The first kappa shape index (κ1) is 14.6. The molecule has 0 fully saturated rings. The summed E-state index contributed by atoms with van der Waals surface area (Å²) in [4.78, 5) is 15.4. The van der Waals surface area contributed by atoms with E-state index in [1.807, 2.05) is 44.3 Å². The van der Waals surface area contributed by atoms with Crippen LogP contribution in [0.5, 0.6) is 0 Å². The van der Waals surface area contributed by atoms with Crippen LogP contribution in [0.15, 0.2) is 30.5 Å². The molecule has 2 rings (SSSR count). The monoisotopic (exact) mass is 274 g/mol. The van der Waals surface area contributed by atoms with Gasteiger partial charge < -0.3 is 15.4 Å². The average Bonchev–Trinajstić information content (AvgIpc) is 2.82. The number of aliphatic hydroxyl groups excluding tert-OH is 1. The molecule has 2 aromatic rings. The normalized spacial score (nSPS) is 14.2. The first-order chi connectivity index (χ1) is 9.58. The molecule has 0 spiro atoms. The molecule has 3 N–H and O–H groups in total. The number of carbonyl (C=O) groups is 1. The molecular weight excluding hydrogens is 252 g/mol. The van der Waals surface area contributed by atoms with E-state index in [9.17, 15) is 4.79 Å². The number of nitrogens with one attached hydrogen (secondary N) is 2. The Morgan fingerprint density at radius 3 is 2.85 bits per heavy atom. The lowest BCUT2D eigenvalue weighted by Gasteiger charge is -2.29. The molecule has 1 heterocycles. The average molecular weight is 274 g/mol. The summed E-state index contributed by atoms with van der Waals surface area (Å²) in [7, 11) is 0. The lowest BCUT2D eigenvalue weighted by atomic mass is 9.94. The van der Waals surface area contributed by atoms with Gasteiger partial charge in [-0.1, -0.05) is 25.1 Å². The van der Waals surface area contributed by atoms with Gasteiger partial charge in [0.2, 0.25) is 5.91 Å². The Bertz CT molecular complexity index is 591. The first-order valence-corrected chi connectivity index (χ1v) is 7.05. The van der Waals surface area contributed by atoms with Crippen LogP contribution >= 0.6 is 0 Å². The van der Waals surface area contributed by atoms with Crippen LogP contribution in [-0.2, 0) is 11.2 Å². The van der Waals surface area contributed by atoms with E-state index in [0.29, 0.717) is 12.8 Å². The summed E-state index contributed by atoms with van der Waals surface area (Å²) in [5, 5.41) is 13.2. The SMILES string of the molecule is CCC(C)(CCO)NC(=O)Cc1c[nH]c2ccccc12. The van der Waals surface area contributed by atoms with Crippen molar-refractivity contribution in [2.75, 3.05) is 6.61 Å². The number of fused-ring (bicyclic) bond motifs is 1. The molecule has 20 heavy (non-hydrogen) atoms. The third-order valence-electron chi connectivity index (χ3n) is 3.91. The number of carbonyl (C=O) groups excluding carboxylic acids is 1. The predicted octanol–water partition coefficient (Wildman–Crippen LogP) is 2.38. The van der Waals surface area contributed by atoms with Crippen molar-refractivity contribution in [2.24, 2.45) is 0 Å². The largest absolute Gasteiger partial charge is 0.396 e. The number of aromatic amines is 1. The molecule has 1 amide bonds. The summed E-state index contributed by atoms with van der Waals surface area (Å²) in [6.45, 7) is 4.07. The molecule has 1 unspecified atom stereocenters. The molecule has 0 saturated heterocycles. The maximum absolute atomic E-state index is 12.2. The lowest BCUT2D eigenvalue weighted by Crippen LogP contribution is -2.46. The van der Waals surface area contributed by atoms with Crippen molar-refractivity contribution in [2.45, 2.75) is 38.6 Å². The Morgan fingerprint density at radius 1 is 1.40 bits per heavy atom. The summed E-state index contributed by atoms with van der Waals surface area (Å²) < 4.78 is 0. The zero-order valence-corrected chi connectivity index (χ0v) is 12.1. The van der Waals surface area contributed by atoms with E-state index in [0.717, 1.165) is 22.9 Å². The van der Waals surface area contributed by atoms with Crippen LogP contribution in [0.2, 0.25) is 0 Å². The van der Waals surface area contributed by atoms with E-state index < -0.39 is 0 Å². The summed E-state index contributed by atoms with van der Waals surface area (Å²) in [6.07, 6.45) is 3.61. The maximum atomic E-state index is 12.2. The minimum Gasteiger partial charge on any atom is -0.396 e. The molecule has 0 aliphatic rings. The van der Waals surface area contributed by atoms with Gasteiger partial charge in [-0.3, -0.25) is 4.79 Å². The quantitative estimate of drug-likeness (QED) is 0.757. The van der Waals surface area contributed by atoms with Crippen molar-refractivity contribution in [3.8, 4) is 0 Å². The second kappa shape index (κ2) is 6.09. The van der Waals surface area contributed by atoms with Crippen molar-refractivity contribution in [3.63, 3.8) is 0 Å². The molecule has 0 saturated carbocycles. The van der Waals surface area contributed by atoms with Gasteiger partial charge in [0.15, 0.2) is 0 Å². The van der Waals surface area contributed by atoms with Crippen LogP contribution in [0.3, 0.4) is 0 Å². The molecule has 1 atom stereocenters. The predicted molar refractivity (Wildman–Crippen MR) is 80.5 cm³/mol. The minimum atomic E-state index is -0.335. The number of para-hydroxylation sites is 1. The number of H-pyrrole nitrogens is 1. The number of amides is 1. The van der Waals surface area contributed by atoms with Crippen molar-refractivity contribution < 1.29 is 9.90 Å². The van der Waals surface area contributed by atoms with E-state index >= 15 is 0 Å². The van der Waals surface area contributed by atoms with Crippen molar-refractivity contribution in [1.82, 2.24) is 10.3 Å². The molecule has 1 aromatic heterocycles. The second-order valence-corrected chi connectivity index (χ2v) is 5.47. The number of aliphatic hydroxyl groups is 1. The first-order valence-electron chi connectivity index (χ1n) is 7.05. The number of aromatic nitrogens is 1. The van der Waals surface area contributed by atoms with Crippen molar-refractivity contribution in [1.29, 1.82) is 0 Å². The molecule has 0 bridgehead atoms. The molecule has 0 aliphatic carbocycles. The van der Waals surface area contributed by atoms with Crippen molar-refractivity contribution >= 4 is 16.8 Å². The Balaban J connectivity index is 2.08. The number of rotatable bonds is 6. The summed E-state index contributed by atoms with van der Waals surface area (Å²) in [6, 6.07) is 7.96. The van der Waals surface area contributed by atoms with Crippen LogP contribution in [0.4, 0.5) is 0 Å². The van der Waals surface area contributed by atoms with Gasteiger partial charge in [0.25, 0.3) is 0 Å². The Hall–Kier alpha value is -1.81. The second-order valence-electron chi connectivity index (χ2n) is 5.47. The van der Waals surface area contributed by atoms with Crippen LogP contribution in [-0.4, -0.2) is 28.1 Å². The molecule has 0 aliphatic heterocycles. The van der Waals surface area contributed by atoms with Gasteiger partial charge in [0, 0.05) is 29.2 Å². The number of hydrogen-bond acceptors (Lipinski definition) is 2. The maximum Gasteiger partial charge on any atom is 0.224 e. The fourth-order valence-electron chi connectivity index (χ4n) is 2.41. The van der Waals surface area contributed by atoms with Gasteiger partial charge in [-0.25, -0.2) is 0 Å². The highest BCUT2D eigenvalue weighted by molar-refractivity contribution is 5.89. The summed E-state index contributed by atoms with van der Waals surface area (Å²) >= 11 is 0. The van der Waals surface area contributed by atoms with Crippen LogP contribution < -0.4 is 5.32 Å². The fourth-order valence-corrected chi connectivity index (χ4v) is 2.41. The van der Waals surface area contributed by atoms with Gasteiger partial charge in [-0.2, -0.15) is 0 Å². The van der Waals surface area contributed by atoms with Crippen LogP contribution in [0, 0.1) is 0 Å². The van der Waals surface area contributed by atoms with E-state index in [1.165, 1.54) is 0 Å². The molecular formula is C16H22N2O2. The Labute approximate surface area is 119 Å². The van der Waals surface area contributed by atoms with E-state index in [1.54, 1.807) is 0 Å². The number of benzene rings is 1. The molecule has 4 heteroatoms. The van der Waals surface area contributed by atoms with Gasteiger partial charge in [-0.15, -0.1) is 0 Å². The van der Waals surface area contributed by atoms with E-state index in [4.69, 9.17) is 5.11 Å². The molecule has 108 valence electrons. The highest BCUT2D eigenvalue weighted by Crippen LogP contribution is 2.19. The van der Waals surface area contributed by atoms with Crippen LogP contribution in [0.25, 0.3) is 10.9 Å². The van der Waals surface area contributed by atoms with Crippen molar-refractivity contribution in [3.05, 3.63) is 36.0 Å². The summed E-state index contributed by atoms with van der Waals surface area (Å²) in [5.74, 6) is -0.00690. The third kappa shape index (κ3) is 3.20. The van der Waals surface area contributed by atoms with Gasteiger partial charge >= 0.3 is 0 Å². The van der Waals surface area contributed by atoms with Gasteiger partial charge in [-0.05, 0) is 31.4 Å². The Morgan fingerprint density at radius 2 is 2.15 bits per heavy atom. The fraction of sp³-hybridized carbons (Fsp3) is 0.438. The highest BCUT2D eigenvalue weighted by Gasteiger charge is 2.23. The number of hydrogen-bond donors (Lipinski definition) is 3.